The van der Waals surface area contributed by atoms with E-state index in [0.29, 0.717) is 13.2 Å². The fraction of sp³-hybridized carbons (Fsp3) is 0.538. The van der Waals surface area contributed by atoms with Crippen molar-refractivity contribution in [2.24, 2.45) is 0 Å². The summed E-state index contributed by atoms with van der Waals surface area (Å²) in [6, 6.07) is 10.7. The van der Waals surface area contributed by atoms with E-state index in [4.69, 9.17) is 9.16 Å². The van der Waals surface area contributed by atoms with Crippen LogP contribution in [0.25, 0.3) is 0 Å². The normalized spacial score (nSPS) is 12.9. The maximum Gasteiger partial charge on any atom is 0.246 e. The van der Waals surface area contributed by atoms with Gasteiger partial charge in [-0.2, -0.15) is 0 Å². The highest BCUT2D eigenvalue weighted by molar-refractivity contribution is 6.53. The number of aliphatic hydroxyl groups is 1. The van der Waals surface area contributed by atoms with Crippen molar-refractivity contribution in [2.45, 2.75) is 25.1 Å². The van der Waals surface area contributed by atoms with Gasteiger partial charge in [-0.25, -0.2) is 0 Å². The Bertz CT molecular complexity index is 292. The van der Waals surface area contributed by atoms with Crippen molar-refractivity contribution in [1.82, 2.24) is 0 Å². The molecule has 3 nitrogen and oxygen atoms in total. The Hall–Kier alpha value is -0.683. The van der Waals surface area contributed by atoms with E-state index in [9.17, 15) is 5.11 Å². The van der Waals surface area contributed by atoms with Gasteiger partial charge in [0.15, 0.2) is 0 Å². The topological polar surface area (TPSA) is 38.7 Å². The smallest absolute Gasteiger partial charge is 0.246 e. The van der Waals surface area contributed by atoms with Crippen LogP contribution in [0.4, 0.5) is 0 Å². The Morgan fingerprint density at radius 1 is 1.24 bits per heavy atom. The first-order valence-electron chi connectivity index (χ1n) is 6.00. The SMILES string of the molecule is CCC[Si](OCCOC)C(O)c1ccccc1. The number of aliphatic hydroxyl groups excluding tert-OH is 1. The first-order valence-corrected chi connectivity index (χ1v) is 7.69. The second-order valence-electron chi connectivity index (χ2n) is 3.87. The van der Waals surface area contributed by atoms with Gasteiger partial charge in [-0.3, -0.25) is 0 Å². The van der Waals surface area contributed by atoms with Gasteiger partial charge in [0, 0.05) is 7.11 Å². The molecule has 1 N–H and O–H groups in total. The molecule has 0 aliphatic carbocycles. The zero-order valence-electron chi connectivity index (χ0n) is 10.6. The highest BCUT2D eigenvalue weighted by atomic mass is 28.3. The summed E-state index contributed by atoms with van der Waals surface area (Å²) in [6.45, 7) is 3.26. The first-order chi connectivity index (χ1) is 8.29. The minimum atomic E-state index is -1.22. The molecule has 0 saturated heterocycles. The molecule has 4 heteroatoms. The number of methoxy groups -OCH3 is 1. The third kappa shape index (κ3) is 5.00. The fourth-order valence-corrected chi connectivity index (χ4v) is 3.59. The van der Waals surface area contributed by atoms with Crippen LogP contribution in [0.15, 0.2) is 30.3 Å². The van der Waals surface area contributed by atoms with E-state index < -0.39 is 14.8 Å². The monoisotopic (exact) mass is 253 g/mol. The van der Waals surface area contributed by atoms with Crippen LogP contribution in [0.5, 0.6) is 0 Å². The van der Waals surface area contributed by atoms with Crippen LogP contribution in [0.3, 0.4) is 0 Å². The Morgan fingerprint density at radius 3 is 2.53 bits per heavy atom. The minimum Gasteiger partial charge on any atom is -0.411 e. The predicted octanol–water partition coefficient (Wildman–Crippen LogP) is 2.32. The average Bonchev–Trinajstić information content (AvgIpc) is 2.38. The summed E-state index contributed by atoms with van der Waals surface area (Å²) < 4.78 is 10.7. The van der Waals surface area contributed by atoms with Crippen molar-refractivity contribution in [2.75, 3.05) is 20.3 Å². The van der Waals surface area contributed by atoms with E-state index >= 15 is 0 Å². The molecular weight excluding hydrogens is 232 g/mol. The maximum absolute atomic E-state index is 10.3. The van der Waals surface area contributed by atoms with Crippen LogP contribution in [-0.2, 0) is 9.16 Å². The zero-order chi connectivity index (χ0) is 12.5. The molecule has 0 heterocycles. The Kier molecular flexibility index (Phi) is 7.12. The average molecular weight is 253 g/mol. The summed E-state index contributed by atoms with van der Waals surface area (Å²) in [5.41, 5.74) is 0.491. The quantitative estimate of drug-likeness (QED) is 0.571. The lowest BCUT2D eigenvalue weighted by Gasteiger charge is -2.20. The van der Waals surface area contributed by atoms with E-state index in [1.807, 2.05) is 30.3 Å². The van der Waals surface area contributed by atoms with Crippen molar-refractivity contribution >= 4 is 9.04 Å². The number of hydrogen-bond acceptors (Lipinski definition) is 3. The van der Waals surface area contributed by atoms with Gasteiger partial charge in [-0.15, -0.1) is 0 Å². The molecule has 0 aromatic heterocycles. The molecule has 1 aromatic rings. The number of rotatable bonds is 8. The molecule has 0 amide bonds. The molecule has 0 saturated carbocycles. The predicted molar refractivity (Wildman–Crippen MR) is 70.1 cm³/mol. The van der Waals surface area contributed by atoms with Gasteiger partial charge in [-0.1, -0.05) is 43.7 Å². The van der Waals surface area contributed by atoms with Crippen molar-refractivity contribution in [3.63, 3.8) is 0 Å². The number of hydrogen-bond donors (Lipinski definition) is 1. The third-order valence-corrected chi connectivity index (χ3v) is 5.00. The zero-order valence-corrected chi connectivity index (χ0v) is 11.6. The Balaban J connectivity index is 2.56. The molecule has 1 aromatic carbocycles. The van der Waals surface area contributed by atoms with Crippen LogP contribution in [-0.4, -0.2) is 34.5 Å². The number of ether oxygens (including phenoxy) is 1. The molecule has 1 atom stereocenters. The van der Waals surface area contributed by atoms with Gasteiger partial charge in [-0.05, 0) is 11.6 Å². The highest BCUT2D eigenvalue weighted by Gasteiger charge is 2.24. The van der Waals surface area contributed by atoms with Gasteiger partial charge in [0.25, 0.3) is 0 Å². The molecule has 0 spiro atoms. The van der Waals surface area contributed by atoms with Gasteiger partial charge < -0.3 is 14.3 Å². The van der Waals surface area contributed by atoms with Crippen molar-refractivity contribution < 1.29 is 14.3 Å². The Labute approximate surface area is 105 Å². The summed E-state index contributed by atoms with van der Waals surface area (Å²) >= 11 is 0. The lowest BCUT2D eigenvalue weighted by atomic mass is 10.2. The minimum absolute atomic E-state index is 0.460. The maximum atomic E-state index is 10.3. The lowest BCUT2D eigenvalue weighted by molar-refractivity contribution is 0.132. The van der Waals surface area contributed by atoms with Gasteiger partial charge in [0.1, 0.15) is 0 Å². The van der Waals surface area contributed by atoms with E-state index in [1.54, 1.807) is 7.11 Å². The first kappa shape index (κ1) is 14.4. The van der Waals surface area contributed by atoms with Crippen molar-refractivity contribution in [3.05, 3.63) is 35.9 Å². The summed E-state index contributed by atoms with van der Waals surface area (Å²) in [6.07, 6.45) is 1.03. The van der Waals surface area contributed by atoms with Crippen LogP contribution in [0.1, 0.15) is 24.6 Å². The molecule has 1 rings (SSSR count). The summed E-state index contributed by atoms with van der Waals surface area (Å²) in [5.74, 6) is 0. The second kappa shape index (κ2) is 8.41. The number of benzene rings is 1. The molecule has 0 aliphatic heterocycles. The standard InChI is InChI=1S/C13H21O3Si/c1-3-11-17(16-10-9-15-2)13(14)12-7-5-4-6-8-12/h4-8,13-14H,3,9-11H2,1-2H3. The van der Waals surface area contributed by atoms with Crippen LogP contribution in [0.2, 0.25) is 6.04 Å². The van der Waals surface area contributed by atoms with Gasteiger partial charge >= 0.3 is 0 Å². The summed E-state index contributed by atoms with van der Waals surface area (Å²) in [4.78, 5) is 0. The fourth-order valence-electron chi connectivity index (χ4n) is 1.61. The van der Waals surface area contributed by atoms with E-state index in [-0.39, 0.29) is 0 Å². The van der Waals surface area contributed by atoms with Crippen molar-refractivity contribution in [3.8, 4) is 0 Å². The molecule has 0 fully saturated rings. The highest BCUT2D eigenvalue weighted by Crippen LogP contribution is 2.19. The lowest BCUT2D eigenvalue weighted by Crippen LogP contribution is -2.28. The van der Waals surface area contributed by atoms with E-state index in [1.165, 1.54) is 0 Å². The largest absolute Gasteiger partial charge is 0.411 e. The van der Waals surface area contributed by atoms with Gasteiger partial charge in [0.05, 0.1) is 18.9 Å². The van der Waals surface area contributed by atoms with E-state index in [2.05, 4.69) is 6.92 Å². The van der Waals surface area contributed by atoms with Gasteiger partial charge in [0.2, 0.25) is 9.04 Å². The molecule has 17 heavy (non-hydrogen) atoms. The van der Waals surface area contributed by atoms with Crippen LogP contribution in [0, 0.1) is 0 Å². The second-order valence-corrected chi connectivity index (χ2v) is 6.14. The third-order valence-electron chi connectivity index (χ3n) is 2.49. The molecule has 0 bridgehead atoms. The summed E-state index contributed by atoms with van der Waals surface area (Å²) in [5, 5.41) is 10.3. The molecule has 1 unspecified atom stereocenters. The van der Waals surface area contributed by atoms with E-state index in [0.717, 1.165) is 18.0 Å². The molecule has 1 radical (unpaired) electrons. The molecule has 95 valence electrons. The Morgan fingerprint density at radius 2 is 1.94 bits per heavy atom. The van der Waals surface area contributed by atoms with Crippen LogP contribution < -0.4 is 0 Å². The molecular formula is C13H21O3Si. The van der Waals surface area contributed by atoms with Crippen molar-refractivity contribution in [1.29, 1.82) is 0 Å². The summed E-state index contributed by atoms with van der Waals surface area (Å²) in [7, 11) is 0.434. The molecule has 0 aliphatic rings. The van der Waals surface area contributed by atoms with Crippen LogP contribution >= 0.6 is 0 Å².